The van der Waals surface area contributed by atoms with E-state index >= 15 is 0 Å². The Hall–Kier alpha value is -3.03. The fourth-order valence-electron chi connectivity index (χ4n) is 3.74. The summed E-state index contributed by atoms with van der Waals surface area (Å²) in [5.41, 5.74) is 1.78. The largest absolute Gasteiger partial charge is 0.399 e. The van der Waals surface area contributed by atoms with Crippen molar-refractivity contribution in [2.75, 3.05) is 0 Å². The second-order valence-corrected chi connectivity index (χ2v) is 8.57. The highest BCUT2D eigenvalue weighted by atomic mass is 35.5. The molecule has 0 aromatic heterocycles. The van der Waals surface area contributed by atoms with Gasteiger partial charge in [-0.25, -0.2) is 0 Å². The van der Waals surface area contributed by atoms with Crippen LogP contribution in [-0.2, 0) is 6.54 Å². The molecule has 0 spiro atoms. The molecule has 4 rings (SSSR count). The highest BCUT2D eigenvalue weighted by molar-refractivity contribution is 6.42. The van der Waals surface area contributed by atoms with Crippen molar-refractivity contribution in [1.29, 1.82) is 0 Å². The summed E-state index contributed by atoms with van der Waals surface area (Å²) in [4.78, 5) is 26.2. The molecule has 1 aliphatic heterocycles. The standard InChI is InChI=1S/C25H15BCl2F3NO2/c26-20-11-14(6-9-19(25(29,30)31)15-8-10-21(27)22(28)12-15)5-7-16(20)13-32-23(33)17-3-1-2-4-18(17)24(32)34/h1-12,19H,13H2/b9-6+. The molecule has 1 heterocycles. The van der Waals surface area contributed by atoms with Crippen LogP contribution in [0.15, 0.2) is 66.7 Å². The predicted molar refractivity (Wildman–Crippen MR) is 127 cm³/mol. The molecule has 0 fully saturated rings. The van der Waals surface area contributed by atoms with Crippen molar-refractivity contribution < 1.29 is 22.8 Å². The molecule has 3 nitrogen and oxygen atoms in total. The van der Waals surface area contributed by atoms with E-state index in [9.17, 15) is 22.8 Å². The van der Waals surface area contributed by atoms with Crippen LogP contribution in [-0.4, -0.2) is 30.7 Å². The summed E-state index contributed by atoms with van der Waals surface area (Å²) in [6.45, 7) is -0.0450. The van der Waals surface area contributed by atoms with Crippen LogP contribution in [0.4, 0.5) is 13.2 Å². The molecule has 170 valence electrons. The number of amides is 2. The number of fused-ring (bicyclic) bond motifs is 1. The lowest BCUT2D eigenvalue weighted by Gasteiger charge is -2.18. The summed E-state index contributed by atoms with van der Waals surface area (Å²) < 4.78 is 41.0. The van der Waals surface area contributed by atoms with E-state index in [1.807, 2.05) is 0 Å². The first-order chi connectivity index (χ1) is 16.1. The topological polar surface area (TPSA) is 37.4 Å². The van der Waals surface area contributed by atoms with Crippen LogP contribution >= 0.6 is 23.2 Å². The fourth-order valence-corrected chi connectivity index (χ4v) is 4.04. The van der Waals surface area contributed by atoms with Gasteiger partial charge in [0, 0.05) is 0 Å². The summed E-state index contributed by atoms with van der Waals surface area (Å²) in [5.74, 6) is -2.74. The maximum atomic E-state index is 13.7. The molecule has 0 saturated carbocycles. The van der Waals surface area contributed by atoms with Gasteiger partial charge in [-0.3, -0.25) is 14.5 Å². The minimum atomic E-state index is -4.55. The van der Waals surface area contributed by atoms with Crippen molar-refractivity contribution in [2.24, 2.45) is 0 Å². The number of allylic oxidation sites excluding steroid dienone is 1. The maximum Gasteiger partial charge on any atom is 0.399 e. The minimum absolute atomic E-state index is 0.0311. The molecule has 1 aliphatic rings. The molecule has 0 N–H and O–H groups in total. The lowest BCUT2D eigenvalue weighted by molar-refractivity contribution is -0.139. The van der Waals surface area contributed by atoms with Gasteiger partial charge >= 0.3 is 6.18 Å². The van der Waals surface area contributed by atoms with E-state index in [0.29, 0.717) is 22.3 Å². The van der Waals surface area contributed by atoms with Crippen LogP contribution < -0.4 is 5.46 Å². The summed E-state index contributed by atoms with van der Waals surface area (Å²) in [6.07, 6.45) is -2.23. The Morgan fingerprint density at radius 3 is 2.12 bits per heavy atom. The third-order valence-electron chi connectivity index (χ3n) is 5.51. The zero-order valence-corrected chi connectivity index (χ0v) is 19.0. The Morgan fingerprint density at radius 2 is 1.56 bits per heavy atom. The lowest BCUT2D eigenvalue weighted by atomic mass is 9.88. The predicted octanol–water partition coefficient (Wildman–Crippen LogP) is 5.94. The molecule has 0 bridgehead atoms. The number of halogens is 5. The van der Waals surface area contributed by atoms with E-state index in [4.69, 9.17) is 31.0 Å². The lowest BCUT2D eigenvalue weighted by Crippen LogP contribution is -2.31. The Bertz CT molecular complexity index is 1290. The summed E-state index contributed by atoms with van der Waals surface area (Å²) in [7, 11) is 6.10. The number of hydrogen-bond donors (Lipinski definition) is 0. The van der Waals surface area contributed by atoms with Gasteiger partial charge in [0.25, 0.3) is 11.8 Å². The van der Waals surface area contributed by atoms with E-state index in [0.717, 1.165) is 11.0 Å². The van der Waals surface area contributed by atoms with Crippen molar-refractivity contribution in [3.8, 4) is 0 Å². The first kappa shape index (κ1) is 24.1. The number of nitrogens with zero attached hydrogens (tertiary/aromatic N) is 1. The minimum Gasteiger partial charge on any atom is -0.270 e. The monoisotopic (exact) mass is 499 g/mol. The number of carbonyl (C=O) groups is 2. The quantitative estimate of drug-likeness (QED) is 0.321. The van der Waals surface area contributed by atoms with Crippen LogP contribution in [0.2, 0.25) is 10.0 Å². The number of hydrogen-bond acceptors (Lipinski definition) is 2. The Kier molecular flexibility index (Phi) is 6.61. The second-order valence-electron chi connectivity index (χ2n) is 7.75. The van der Waals surface area contributed by atoms with E-state index in [-0.39, 0.29) is 27.6 Å². The maximum absolute atomic E-state index is 13.7. The molecule has 1 atom stereocenters. The molecule has 9 heteroatoms. The van der Waals surface area contributed by atoms with Gasteiger partial charge in [-0.15, -0.1) is 0 Å². The Labute approximate surface area is 205 Å². The molecule has 34 heavy (non-hydrogen) atoms. The van der Waals surface area contributed by atoms with Gasteiger partial charge < -0.3 is 0 Å². The number of carbonyl (C=O) groups excluding carboxylic acids is 2. The SMILES string of the molecule is [B]c1cc(/C=C/C(c2ccc(Cl)c(Cl)c2)C(F)(F)F)ccc1CN1C(=O)c2ccccc2C1=O. The van der Waals surface area contributed by atoms with Gasteiger partial charge in [0.2, 0.25) is 0 Å². The first-order valence-corrected chi connectivity index (χ1v) is 10.9. The summed E-state index contributed by atoms with van der Waals surface area (Å²) in [6, 6.07) is 14.9. The molecular weight excluding hydrogens is 485 g/mol. The summed E-state index contributed by atoms with van der Waals surface area (Å²) >= 11 is 11.7. The second kappa shape index (κ2) is 9.32. The third-order valence-corrected chi connectivity index (χ3v) is 6.25. The number of alkyl halides is 3. The molecule has 3 aromatic rings. The van der Waals surface area contributed by atoms with Crippen molar-refractivity contribution in [3.05, 3.63) is 105 Å². The van der Waals surface area contributed by atoms with Crippen molar-refractivity contribution in [2.45, 2.75) is 18.6 Å². The molecule has 1 unspecified atom stereocenters. The zero-order chi connectivity index (χ0) is 24.6. The molecule has 2 radical (unpaired) electrons. The molecule has 3 aromatic carbocycles. The zero-order valence-electron chi connectivity index (χ0n) is 17.4. The van der Waals surface area contributed by atoms with Gasteiger partial charge in [0.05, 0.1) is 33.6 Å². The number of benzene rings is 3. The van der Waals surface area contributed by atoms with Crippen molar-refractivity contribution in [1.82, 2.24) is 4.90 Å². The number of imide groups is 1. The van der Waals surface area contributed by atoms with Gasteiger partial charge in [0.1, 0.15) is 7.85 Å². The molecular formula is C25H15BCl2F3NO2. The average molecular weight is 500 g/mol. The molecule has 0 saturated heterocycles. The van der Waals surface area contributed by atoms with Crippen LogP contribution in [0.25, 0.3) is 6.08 Å². The Morgan fingerprint density at radius 1 is 0.912 bits per heavy atom. The highest BCUT2D eigenvalue weighted by Crippen LogP contribution is 2.38. The van der Waals surface area contributed by atoms with E-state index in [2.05, 4.69) is 0 Å². The third kappa shape index (κ3) is 4.77. The highest BCUT2D eigenvalue weighted by Gasteiger charge is 2.39. The smallest absolute Gasteiger partial charge is 0.270 e. The first-order valence-electron chi connectivity index (χ1n) is 10.1. The number of rotatable bonds is 5. The Balaban J connectivity index is 1.55. The van der Waals surface area contributed by atoms with Crippen LogP contribution in [0.1, 0.15) is 43.3 Å². The fraction of sp³-hybridized carbons (Fsp3) is 0.120. The van der Waals surface area contributed by atoms with E-state index in [1.54, 1.807) is 36.4 Å². The van der Waals surface area contributed by atoms with Gasteiger partial charge in [0.15, 0.2) is 0 Å². The molecule has 2 amide bonds. The van der Waals surface area contributed by atoms with Gasteiger partial charge in [-0.1, -0.05) is 77.2 Å². The van der Waals surface area contributed by atoms with Crippen molar-refractivity contribution in [3.63, 3.8) is 0 Å². The van der Waals surface area contributed by atoms with Crippen LogP contribution in [0.5, 0.6) is 0 Å². The van der Waals surface area contributed by atoms with Gasteiger partial charge in [-0.05, 0) is 41.0 Å². The normalized spacial score (nSPS) is 14.7. The van der Waals surface area contributed by atoms with E-state index < -0.39 is 23.9 Å². The van der Waals surface area contributed by atoms with Crippen LogP contribution in [0, 0.1) is 0 Å². The van der Waals surface area contributed by atoms with Gasteiger partial charge in [-0.2, -0.15) is 13.2 Å². The van der Waals surface area contributed by atoms with E-state index in [1.165, 1.54) is 30.3 Å². The molecule has 0 aliphatic carbocycles. The van der Waals surface area contributed by atoms with Crippen LogP contribution in [0.3, 0.4) is 0 Å². The van der Waals surface area contributed by atoms with Crippen molar-refractivity contribution >= 4 is 54.4 Å². The average Bonchev–Trinajstić information content (AvgIpc) is 3.02. The summed E-state index contributed by atoms with van der Waals surface area (Å²) in [5, 5.41) is 0.195.